The van der Waals surface area contributed by atoms with Crippen LogP contribution >= 0.6 is 43.5 Å². The molecule has 0 fully saturated rings. The van der Waals surface area contributed by atoms with Crippen molar-refractivity contribution < 1.29 is 13.2 Å². The van der Waals surface area contributed by atoms with Gasteiger partial charge in [0, 0.05) is 10.5 Å². The maximum absolute atomic E-state index is 11.3. The quantitative estimate of drug-likeness (QED) is 0.800. The van der Waals surface area contributed by atoms with Gasteiger partial charge < -0.3 is 4.74 Å². The monoisotopic (exact) mass is 391 g/mol. The molecule has 1 N–H and O–H groups in total. The van der Waals surface area contributed by atoms with Crippen LogP contribution in [0.25, 0.3) is 0 Å². The van der Waals surface area contributed by atoms with Gasteiger partial charge in [-0.05, 0) is 37.9 Å². The molecule has 0 heterocycles. The molecule has 0 amide bonds. The van der Waals surface area contributed by atoms with Crippen molar-refractivity contribution in [3.8, 4) is 5.75 Å². The number of hydrogen-bond donors (Lipinski definition) is 1. The minimum Gasteiger partial charge on any atom is -0.495 e. The zero-order valence-corrected chi connectivity index (χ0v) is 12.9. The summed E-state index contributed by atoms with van der Waals surface area (Å²) in [5.41, 5.74) is 0.376. The van der Waals surface area contributed by atoms with Gasteiger partial charge in [-0.2, -0.15) is 0 Å². The molecular formula is C8H8Br2ClNO3S. The zero-order chi connectivity index (χ0) is 12.3. The van der Waals surface area contributed by atoms with E-state index in [1.165, 1.54) is 7.11 Å². The Balaban J connectivity index is 3.15. The van der Waals surface area contributed by atoms with Crippen LogP contribution in [-0.2, 0) is 10.0 Å². The van der Waals surface area contributed by atoms with Gasteiger partial charge >= 0.3 is 0 Å². The number of anilines is 1. The van der Waals surface area contributed by atoms with Gasteiger partial charge in [0.15, 0.2) is 0 Å². The van der Waals surface area contributed by atoms with Gasteiger partial charge in [0.1, 0.15) is 11.0 Å². The summed E-state index contributed by atoms with van der Waals surface area (Å²) in [5, 5.41) is -0.502. The zero-order valence-electron chi connectivity index (χ0n) is 8.13. The Bertz CT molecular complexity index is 492. The van der Waals surface area contributed by atoms with Gasteiger partial charge in [0.25, 0.3) is 0 Å². The molecule has 0 bridgehead atoms. The smallest absolute Gasteiger partial charge is 0.246 e. The molecule has 0 saturated carbocycles. The molecule has 16 heavy (non-hydrogen) atoms. The Morgan fingerprint density at radius 3 is 2.50 bits per heavy atom. The van der Waals surface area contributed by atoms with E-state index in [0.717, 1.165) is 4.47 Å². The second kappa shape index (κ2) is 5.57. The number of ether oxygens (including phenoxy) is 1. The Hall–Kier alpha value is 0.0200. The van der Waals surface area contributed by atoms with Gasteiger partial charge in [-0.1, -0.05) is 0 Å². The highest BCUT2D eigenvalue weighted by molar-refractivity contribution is 9.11. The Kier molecular flexibility index (Phi) is 4.90. The molecule has 0 atom stereocenters. The number of alkyl halides is 1. The fourth-order valence-electron chi connectivity index (χ4n) is 0.959. The second-order valence-corrected chi connectivity index (χ2v) is 6.81. The average Bonchev–Trinajstić information content (AvgIpc) is 2.22. The average molecular weight is 393 g/mol. The number of sulfonamides is 1. The third kappa shape index (κ3) is 3.51. The van der Waals surface area contributed by atoms with Crippen molar-refractivity contribution in [2.45, 2.75) is 0 Å². The topological polar surface area (TPSA) is 55.4 Å². The minimum absolute atomic E-state index is 0.376. The highest BCUT2D eigenvalue weighted by Crippen LogP contribution is 2.34. The summed E-state index contributed by atoms with van der Waals surface area (Å²) < 4.78 is 31.3. The van der Waals surface area contributed by atoms with Crippen molar-refractivity contribution in [2.24, 2.45) is 0 Å². The molecular weight excluding hydrogens is 385 g/mol. The van der Waals surface area contributed by atoms with Crippen molar-refractivity contribution in [1.29, 1.82) is 0 Å². The summed E-state index contributed by atoms with van der Waals surface area (Å²) in [6.07, 6.45) is 0. The fraction of sp³-hybridized carbons (Fsp3) is 0.250. The van der Waals surface area contributed by atoms with Crippen LogP contribution in [0.3, 0.4) is 0 Å². The SMILES string of the molecule is COc1cc(NS(=O)(=O)CCl)c(Br)cc1Br. The van der Waals surface area contributed by atoms with Crippen molar-refractivity contribution in [2.75, 3.05) is 17.0 Å². The van der Waals surface area contributed by atoms with Gasteiger partial charge in [0.2, 0.25) is 10.0 Å². The highest BCUT2D eigenvalue weighted by Gasteiger charge is 2.13. The van der Waals surface area contributed by atoms with E-state index in [-0.39, 0.29) is 0 Å². The van der Waals surface area contributed by atoms with E-state index in [4.69, 9.17) is 16.3 Å². The lowest BCUT2D eigenvalue weighted by Crippen LogP contribution is -2.13. The Morgan fingerprint density at radius 1 is 1.38 bits per heavy atom. The van der Waals surface area contributed by atoms with Gasteiger partial charge in [0.05, 0.1) is 17.3 Å². The van der Waals surface area contributed by atoms with Crippen LogP contribution in [0.2, 0.25) is 0 Å². The first-order valence-corrected chi connectivity index (χ1v) is 7.76. The molecule has 0 spiro atoms. The standard InChI is InChI=1S/C8H8Br2ClNO3S/c1-15-8-3-7(5(9)2-6(8)10)12-16(13,14)4-11/h2-3,12H,4H2,1H3. The molecule has 1 rings (SSSR count). The van der Waals surface area contributed by atoms with E-state index in [0.29, 0.717) is 15.9 Å². The number of hydrogen-bond acceptors (Lipinski definition) is 3. The third-order valence-corrected chi connectivity index (χ3v) is 4.61. The van der Waals surface area contributed by atoms with Crippen molar-refractivity contribution in [3.05, 3.63) is 21.1 Å². The molecule has 0 radical (unpaired) electrons. The first-order chi connectivity index (χ1) is 7.39. The predicted molar refractivity (Wildman–Crippen MR) is 71.7 cm³/mol. The summed E-state index contributed by atoms with van der Waals surface area (Å²) in [7, 11) is -2.02. The third-order valence-electron chi connectivity index (χ3n) is 1.65. The lowest BCUT2D eigenvalue weighted by molar-refractivity contribution is 0.412. The number of rotatable bonds is 4. The lowest BCUT2D eigenvalue weighted by atomic mass is 10.3. The van der Waals surface area contributed by atoms with Gasteiger partial charge in [-0.25, -0.2) is 8.42 Å². The Morgan fingerprint density at radius 2 is 2.00 bits per heavy atom. The largest absolute Gasteiger partial charge is 0.495 e. The van der Waals surface area contributed by atoms with E-state index >= 15 is 0 Å². The second-order valence-electron chi connectivity index (χ2n) is 2.79. The van der Waals surface area contributed by atoms with Crippen molar-refractivity contribution >= 4 is 59.2 Å². The first-order valence-electron chi connectivity index (χ1n) is 3.99. The summed E-state index contributed by atoms with van der Waals surface area (Å²) in [5.74, 6) is 0.524. The Labute approximate surface area is 116 Å². The van der Waals surface area contributed by atoms with Crippen LogP contribution in [0.1, 0.15) is 0 Å². The molecule has 0 aliphatic carbocycles. The summed E-state index contributed by atoms with van der Waals surface area (Å²) >= 11 is 11.8. The summed E-state index contributed by atoms with van der Waals surface area (Å²) in [4.78, 5) is 0. The normalized spacial score (nSPS) is 11.2. The number of nitrogens with one attached hydrogen (secondary N) is 1. The molecule has 0 aromatic heterocycles. The summed E-state index contributed by atoms with van der Waals surface area (Å²) in [6, 6.07) is 3.24. The van der Waals surface area contributed by atoms with E-state index < -0.39 is 15.2 Å². The van der Waals surface area contributed by atoms with E-state index in [1.807, 2.05) is 0 Å². The molecule has 1 aromatic carbocycles. The highest BCUT2D eigenvalue weighted by atomic mass is 79.9. The number of halogens is 3. The molecule has 90 valence electrons. The maximum atomic E-state index is 11.3. The van der Waals surface area contributed by atoms with Crippen LogP contribution in [0.4, 0.5) is 5.69 Å². The molecule has 0 saturated heterocycles. The van der Waals surface area contributed by atoms with Crippen molar-refractivity contribution in [3.63, 3.8) is 0 Å². The fourth-order valence-corrected chi connectivity index (χ4v) is 3.07. The van der Waals surface area contributed by atoms with E-state index in [2.05, 4.69) is 36.6 Å². The van der Waals surface area contributed by atoms with E-state index in [1.54, 1.807) is 12.1 Å². The van der Waals surface area contributed by atoms with Crippen LogP contribution in [0.15, 0.2) is 21.1 Å². The number of benzene rings is 1. The van der Waals surface area contributed by atoms with Gasteiger partial charge in [-0.15, -0.1) is 11.6 Å². The molecule has 4 nitrogen and oxygen atoms in total. The summed E-state index contributed by atoms with van der Waals surface area (Å²) in [6.45, 7) is 0. The molecule has 0 aliphatic heterocycles. The van der Waals surface area contributed by atoms with Crippen LogP contribution < -0.4 is 9.46 Å². The van der Waals surface area contributed by atoms with Crippen LogP contribution in [0.5, 0.6) is 5.75 Å². The maximum Gasteiger partial charge on any atom is 0.246 e. The molecule has 1 aromatic rings. The van der Waals surface area contributed by atoms with Crippen molar-refractivity contribution in [1.82, 2.24) is 0 Å². The van der Waals surface area contributed by atoms with Crippen LogP contribution in [0, 0.1) is 0 Å². The lowest BCUT2D eigenvalue weighted by Gasteiger charge is -2.10. The molecule has 0 aliphatic rings. The number of methoxy groups -OCH3 is 1. The predicted octanol–water partition coefficient (Wildman–Crippen LogP) is 3.16. The molecule has 8 heteroatoms. The van der Waals surface area contributed by atoms with Gasteiger partial charge in [-0.3, -0.25) is 4.72 Å². The van der Waals surface area contributed by atoms with Crippen LogP contribution in [-0.4, -0.2) is 20.7 Å². The minimum atomic E-state index is -3.52. The first kappa shape index (κ1) is 14.1. The van der Waals surface area contributed by atoms with E-state index in [9.17, 15) is 8.42 Å². The molecule has 0 unspecified atom stereocenters.